The van der Waals surface area contributed by atoms with Crippen molar-refractivity contribution in [1.29, 1.82) is 0 Å². The molecule has 11 nitrogen and oxygen atoms in total. The van der Waals surface area contributed by atoms with Crippen LogP contribution < -0.4 is 16.4 Å². The first-order chi connectivity index (χ1) is 21.5. The lowest BCUT2D eigenvalue weighted by molar-refractivity contribution is -0.140. The van der Waals surface area contributed by atoms with Crippen LogP contribution in [0.3, 0.4) is 0 Å². The first-order valence-electron chi connectivity index (χ1n) is 15.4. The standard InChI is InChI=1S/C33H40N8O3/c34-19-11-10-18-27(33(44)41(26-16-8-3-9-17-26)20-24-12-4-1-5-13-24)38-28(42)21-40-23-37-29-30(35-22-36-31(29)40)39-32(43)25-14-6-2-7-15-25/h1-2,4-7,12-15,22-23,26-27H,3,8-11,16-21,34H2,(H,38,42)(H,35,36,39,43)/t27-/m0/s1. The highest BCUT2D eigenvalue weighted by Gasteiger charge is 2.31. The van der Waals surface area contributed by atoms with E-state index in [1.807, 2.05) is 41.3 Å². The van der Waals surface area contributed by atoms with Gasteiger partial charge in [0.1, 0.15) is 18.9 Å². The highest BCUT2D eigenvalue weighted by atomic mass is 16.2. The van der Waals surface area contributed by atoms with Crippen molar-refractivity contribution in [3.8, 4) is 0 Å². The Labute approximate surface area is 257 Å². The number of benzene rings is 2. The Hall–Kier alpha value is -4.64. The van der Waals surface area contributed by atoms with E-state index in [1.165, 1.54) is 19.1 Å². The first-order valence-corrected chi connectivity index (χ1v) is 15.4. The molecule has 4 aromatic rings. The molecule has 1 atom stereocenters. The number of nitrogens with one attached hydrogen (secondary N) is 2. The number of nitrogens with two attached hydrogens (primary N) is 1. The normalized spacial score (nSPS) is 14.2. The Morgan fingerprint density at radius 1 is 0.932 bits per heavy atom. The molecule has 0 aliphatic heterocycles. The van der Waals surface area contributed by atoms with Gasteiger partial charge in [0.25, 0.3) is 5.91 Å². The molecular weight excluding hydrogens is 556 g/mol. The van der Waals surface area contributed by atoms with Gasteiger partial charge < -0.3 is 25.8 Å². The Morgan fingerprint density at radius 3 is 2.39 bits per heavy atom. The molecule has 2 heterocycles. The van der Waals surface area contributed by atoms with Crippen molar-refractivity contribution >= 4 is 34.7 Å². The minimum atomic E-state index is -0.676. The highest BCUT2D eigenvalue weighted by molar-refractivity contribution is 6.06. The fourth-order valence-corrected chi connectivity index (χ4v) is 5.76. The molecule has 2 aromatic heterocycles. The SMILES string of the molecule is NCCCC[C@H](NC(=O)Cn1cnc2c(NC(=O)c3ccccc3)ncnc21)C(=O)N(Cc1ccccc1)C1CCCCC1. The molecule has 4 N–H and O–H groups in total. The predicted octanol–water partition coefficient (Wildman–Crippen LogP) is 4.05. The predicted molar refractivity (Wildman–Crippen MR) is 168 cm³/mol. The molecule has 1 fully saturated rings. The molecule has 2 aromatic carbocycles. The Bertz CT molecular complexity index is 1540. The number of anilines is 1. The quantitative estimate of drug-likeness (QED) is 0.197. The molecule has 0 unspecified atom stereocenters. The number of amides is 3. The van der Waals surface area contributed by atoms with E-state index in [-0.39, 0.29) is 36.1 Å². The van der Waals surface area contributed by atoms with Gasteiger partial charge in [0.05, 0.1) is 6.33 Å². The number of carbonyl (C=O) groups excluding carboxylic acids is 3. The van der Waals surface area contributed by atoms with Crippen molar-refractivity contribution < 1.29 is 14.4 Å². The third-order valence-electron chi connectivity index (χ3n) is 8.06. The molecule has 1 saturated carbocycles. The van der Waals surface area contributed by atoms with Crippen LogP contribution in [-0.4, -0.2) is 60.8 Å². The van der Waals surface area contributed by atoms with Gasteiger partial charge in [0.2, 0.25) is 11.8 Å². The summed E-state index contributed by atoms with van der Waals surface area (Å²) < 4.78 is 1.59. The van der Waals surface area contributed by atoms with E-state index in [4.69, 9.17) is 5.73 Å². The second-order valence-corrected chi connectivity index (χ2v) is 11.2. The van der Waals surface area contributed by atoms with Crippen LogP contribution in [0.1, 0.15) is 67.3 Å². The minimum Gasteiger partial charge on any atom is -0.343 e. The molecule has 1 aliphatic rings. The first kappa shape index (κ1) is 30.8. The molecule has 44 heavy (non-hydrogen) atoms. The van der Waals surface area contributed by atoms with Gasteiger partial charge in [-0.2, -0.15) is 0 Å². The maximum atomic E-state index is 14.2. The van der Waals surface area contributed by atoms with Gasteiger partial charge >= 0.3 is 0 Å². The summed E-state index contributed by atoms with van der Waals surface area (Å²) in [6.45, 7) is 0.936. The molecule has 230 valence electrons. The van der Waals surface area contributed by atoms with Crippen molar-refractivity contribution in [2.75, 3.05) is 11.9 Å². The average Bonchev–Trinajstić information content (AvgIpc) is 3.47. The lowest BCUT2D eigenvalue weighted by Crippen LogP contribution is -2.52. The van der Waals surface area contributed by atoms with Crippen LogP contribution >= 0.6 is 0 Å². The van der Waals surface area contributed by atoms with E-state index in [9.17, 15) is 14.4 Å². The lowest BCUT2D eigenvalue weighted by Gasteiger charge is -2.37. The molecule has 1 aliphatic carbocycles. The summed E-state index contributed by atoms with van der Waals surface area (Å²) >= 11 is 0. The van der Waals surface area contributed by atoms with Gasteiger partial charge in [-0.1, -0.05) is 67.8 Å². The van der Waals surface area contributed by atoms with Crippen molar-refractivity contribution in [3.63, 3.8) is 0 Å². The molecule has 0 radical (unpaired) electrons. The van der Waals surface area contributed by atoms with Crippen LogP contribution in [0, 0.1) is 0 Å². The van der Waals surface area contributed by atoms with Crippen LogP contribution in [0.5, 0.6) is 0 Å². The number of rotatable bonds is 13. The van der Waals surface area contributed by atoms with E-state index in [1.54, 1.807) is 28.8 Å². The van der Waals surface area contributed by atoms with Crippen LogP contribution in [0.4, 0.5) is 5.82 Å². The minimum absolute atomic E-state index is 0.0603. The zero-order valence-corrected chi connectivity index (χ0v) is 24.9. The second-order valence-electron chi connectivity index (χ2n) is 11.2. The summed E-state index contributed by atoms with van der Waals surface area (Å²) in [4.78, 5) is 55.2. The molecule has 0 spiro atoms. The van der Waals surface area contributed by atoms with E-state index in [2.05, 4.69) is 25.6 Å². The largest absolute Gasteiger partial charge is 0.343 e. The summed E-state index contributed by atoms with van der Waals surface area (Å²) in [7, 11) is 0. The molecule has 0 saturated heterocycles. The van der Waals surface area contributed by atoms with E-state index in [0.29, 0.717) is 36.2 Å². The van der Waals surface area contributed by atoms with Crippen LogP contribution in [0.25, 0.3) is 11.2 Å². The molecule has 5 rings (SSSR count). The Morgan fingerprint density at radius 2 is 1.66 bits per heavy atom. The van der Waals surface area contributed by atoms with E-state index in [0.717, 1.165) is 44.1 Å². The van der Waals surface area contributed by atoms with Crippen LogP contribution in [0.2, 0.25) is 0 Å². The van der Waals surface area contributed by atoms with Crippen molar-refractivity contribution in [2.45, 2.75) is 76.5 Å². The lowest BCUT2D eigenvalue weighted by atomic mass is 9.93. The number of unbranched alkanes of at least 4 members (excludes halogenated alkanes) is 1. The van der Waals surface area contributed by atoms with Crippen LogP contribution in [0.15, 0.2) is 73.3 Å². The summed E-state index contributed by atoms with van der Waals surface area (Å²) in [5, 5.41) is 5.80. The smallest absolute Gasteiger partial charge is 0.256 e. The molecule has 3 amide bonds. The van der Waals surface area contributed by atoms with Crippen molar-refractivity contribution in [2.24, 2.45) is 5.73 Å². The summed E-state index contributed by atoms with van der Waals surface area (Å²) in [6.07, 6.45) is 10.1. The summed E-state index contributed by atoms with van der Waals surface area (Å²) in [5.41, 5.74) is 8.08. The summed E-state index contributed by atoms with van der Waals surface area (Å²) in [5.74, 6) is -0.460. The molecular formula is C33H40N8O3. The topological polar surface area (TPSA) is 148 Å². The maximum Gasteiger partial charge on any atom is 0.256 e. The van der Waals surface area contributed by atoms with Gasteiger partial charge in [0.15, 0.2) is 17.0 Å². The monoisotopic (exact) mass is 596 g/mol. The number of aromatic nitrogens is 4. The number of fused-ring (bicyclic) bond motifs is 1. The van der Waals surface area contributed by atoms with Gasteiger partial charge in [-0.3, -0.25) is 14.4 Å². The highest BCUT2D eigenvalue weighted by Crippen LogP contribution is 2.26. The Kier molecular flexibility index (Phi) is 10.6. The molecule has 0 bridgehead atoms. The second kappa shape index (κ2) is 15.2. The van der Waals surface area contributed by atoms with Crippen molar-refractivity contribution in [3.05, 3.63) is 84.4 Å². The van der Waals surface area contributed by atoms with E-state index < -0.39 is 6.04 Å². The van der Waals surface area contributed by atoms with Gasteiger partial charge in [-0.25, -0.2) is 15.0 Å². The maximum absolute atomic E-state index is 14.2. The number of imidazole rings is 1. The zero-order chi connectivity index (χ0) is 30.7. The fourth-order valence-electron chi connectivity index (χ4n) is 5.76. The molecule has 11 heteroatoms. The van der Waals surface area contributed by atoms with Crippen LogP contribution in [-0.2, 0) is 22.7 Å². The zero-order valence-electron chi connectivity index (χ0n) is 24.9. The van der Waals surface area contributed by atoms with Gasteiger partial charge in [-0.15, -0.1) is 0 Å². The number of hydrogen-bond donors (Lipinski definition) is 3. The van der Waals surface area contributed by atoms with Crippen molar-refractivity contribution in [1.82, 2.24) is 29.7 Å². The average molecular weight is 597 g/mol. The summed E-state index contributed by atoms with van der Waals surface area (Å²) in [6, 6.07) is 18.3. The van der Waals surface area contributed by atoms with Gasteiger partial charge in [-0.05, 0) is 56.3 Å². The number of carbonyl (C=O) groups is 3. The third kappa shape index (κ3) is 7.84. The number of nitrogens with zero attached hydrogens (tertiary/aromatic N) is 5. The fraction of sp³-hybridized carbons (Fsp3) is 0.394. The number of hydrogen-bond acceptors (Lipinski definition) is 7. The third-order valence-corrected chi connectivity index (χ3v) is 8.06. The van der Waals surface area contributed by atoms with Gasteiger partial charge in [0, 0.05) is 18.2 Å². The van der Waals surface area contributed by atoms with E-state index >= 15 is 0 Å². The Balaban J connectivity index is 1.31.